The van der Waals surface area contributed by atoms with E-state index in [1.165, 1.54) is 6.42 Å². The lowest BCUT2D eigenvalue weighted by Gasteiger charge is -2.29. The summed E-state index contributed by atoms with van der Waals surface area (Å²) in [5.41, 5.74) is 0.311. The molecule has 1 rings (SSSR count). The van der Waals surface area contributed by atoms with Crippen molar-refractivity contribution in [3.8, 4) is 0 Å². The van der Waals surface area contributed by atoms with Crippen LogP contribution in [0.1, 0.15) is 40.0 Å². The van der Waals surface area contributed by atoms with E-state index in [2.05, 4.69) is 20.8 Å². The highest BCUT2D eigenvalue weighted by molar-refractivity contribution is 5.67. The topological polar surface area (TPSA) is 49.8 Å². The van der Waals surface area contributed by atoms with Crippen LogP contribution in [0.2, 0.25) is 0 Å². The van der Waals surface area contributed by atoms with Crippen molar-refractivity contribution in [1.29, 1.82) is 0 Å². The Hall–Kier alpha value is -0.770. The third-order valence-corrected chi connectivity index (χ3v) is 3.53. The van der Waals surface area contributed by atoms with Crippen molar-refractivity contribution < 1.29 is 14.6 Å². The minimum absolute atomic E-state index is 0.0953. The lowest BCUT2D eigenvalue weighted by Crippen LogP contribution is -2.33. The van der Waals surface area contributed by atoms with Crippen molar-refractivity contribution in [2.45, 2.75) is 40.0 Å². The summed E-state index contributed by atoms with van der Waals surface area (Å²) in [5.74, 6) is 0.665. The summed E-state index contributed by atoms with van der Waals surface area (Å²) in [6.07, 6.45) is 2.97. The Bertz CT molecular complexity index is 248. The number of rotatable bonds is 2. The van der Waals surface area contributed by atoms with Crippen LogP contribution in [0.3, 0.4) is 0 Å². The Morgan fingerprint density at radius 3 is 2.65 bits per heavy atom. The van der Waals surface area contributed by atoms with Crippen LogP contribution in [0.25, 0.3) is 0 Å². The second kappa shape index (κ2) is 6.24. The van der Waals surface area contributed by atoms with Gasteiger partial charge in [0.2, 0.25) is 0 Å². The van der Waals surface area contributed by atoms with Gasteiger partial charge in [-0.15, -0.1) is 0 Å². The predicted molar refractivity (Wildman–Crippen MR) is 66.8 cm³/mol. The van der Waals surface area contributed by atoms with Gasteiger partial charge in [-0.2, -0.15) is 0 Å². The Labute approximate surface area is 104 Å². The minimum Gasteiger partial charge on any atom is -0.447 e. The van der Waals surface area contributed by atoms with E-state index >= 15 is 0 Å². The average molecular weight is 243 g/mol. The zero-order valence-corrected chi connectivity index (χ0v) is 11.2. The molecule has 1 aliphatic heterocycles. The molecule has 0 aromatic heterocycles. The summed E-state index contributed by atoms with van der Waals surface area (Å²) < 4.78 is 4.94. The summed E-state index contributed by atoms with van der Waals surface area (Å²) in [6, 6.07) is 0. The fourth-order valence-electron chi connectivity index (χ4n) is 2.37. The third kappa shape index (κ3) is 4.54. The lowest BCUT2D eigenvalue weighted by molar-refractivity contribution is 0.0841. The molecule has 1 unspecified atom stereocenters. The standard InChI is InChI=1S/C13H25NO3/c1-13(2,3)11-5-4-7-14(8-6-11)12(16)17-10-9-15/h11,15H,4-10H2,1-3H3. The van der Waals surface area contributed by atoms with E-state index in [4.69, 9.17) is 9.84 Å². The van der Waals surface area contributed by atoms with Crippen LogP contribution < -0.4 is 0 Å². The SMILES string of the molecule is CC(C)(C)C1CCCN(C(=O)OCCO)CC1. The van der Waals surface area contributed by atoms with Crippen LogP contribution in [-0.4, -0.2) is 42.4 Å². The van der Waals surface area contributed by atoms with Crippen LogP contribution in [0.4, 0.5) is 4.79 Å². The van der Waals surface area contributed by atoms with Crippen molar-refractivity contribution in [1.82, 2.24) is 4.90 Å². The Morgan fingerprint density at radius 1 is 1.35 bits per heavy atom. The molecule has 1 N–H and O–H groups in total. The van der Waals surface area contributed by atoms with Crippen molar-refractivity contribution in [2.75, 3.05) is 26.3 Å². The van der Waals surface area contributed by atoms with Gasteiger partial charge in [0.25, 0.3) is 0 Å². The maximum atomic E-state index is 11.7. The highest BCUT2D eigenvalue weighted by atomic mass is 16.6. The quantitative estimate of drug-likeness (QED) is 0.809. The van der Waals surface area contributed by atoms with Gasteiger partial charge in [-0.25, -0.2) is 4.79 Å². The molecule has 0 bridgehead atoms. The van der Waals surface area contributed by atoms with Gasteiger partial charge in [0, 0.05) is 13.1 Å². The molecule has 100 valence electrons. The fourth-order valence-corrected chi connectivity index (χ4v) is 2.37. The summed E-state index contributed by atoms with van der Waals surface area (Å²) in [5, 5.41) is 8.62. The van der Waals surface area contributed by atoms with E-state index in [9.17, 15) is 4.79 Å². The van der Waals surface area contributed by atoms with Gasteiger partial charge < -0.3 is 14.7 Å². The van der Waals surface area contributed by atoms with E-state index in [0.29, 0.717) is 11.3 Å². The molecular formula is C13H25NO3. The summed E-state index contributed by atoms with van der Waals surface area (Å²) in [7, 11) is 0. The average Bonchev–Trinajstić information content (AvgIpc) is 2.50. The second-order valence-corrected chi connectivity index (χ2v) is 5.82. The van der Waals surface area contributed by atoms with Crippen molar-refractivity contribution in [2.24, 2.45) is 11.3 Å². The number of carbonyl (C=O) groups is 1. The van der Waals surface area contributed by atoms with Gasteiger partial charge in [0.1, 0.15) is 6.61 Å². The highest BCUT2D eigenvalue weighted by Gasteiger charge is 2.28. The van der Waals surface area contributed by atoms with E-state index in [1.54, 1.807) is 4.90 Å². The van der Waals surface area contributed by atoms with Crippen LogP contribution in [0.15, 0.2) is 0 Å². The maximum absolute atomic E-state index is 11.7. The molecule has 1 aliphatic rings. The number of aliphatic hydroxyl groups excluding tert-OH is 1. The molecule has 17 heavy (non-hydrogen) atoms. The molecule has 0 saturated carbocycles. The number of hydrogen-bond donors (Lipinski definition) is 1. The normalized spacial score (nSPS) is 22.1. The van der Waals surface area contributed by atoms with E-state index in [1.807, 2.05) is 0 Å². The number of ether oxygens (including phenoxy) is 1. The molecule has 1 fully saturated rings. The number of amides is 1. The zero-order chi connectivity index (χ0) is 12.9. The number of hydrogen-bond acceptors (Lipinski definition) is 3. The van der Waals surface area contributed by atoms with Gasteiger partial charge in [-0.3, -0.25) is 0 Å². The second-order valence-electron chi connectivity index (χ2n) is 5.82. The van der Waals surface area contributed by atoms with E-state index < -0.39 is 0 Å². The lowest BCUT2D eigenvalue weighted by atomic mass is 9.77. The van der Waals surface area contributed by atoms with Gasteiger partial charge in [-0.1, -0.05) is 20.8 Å². The molecule has 1 atom stereocenters. The summed E-state index contributed by atoms with van der Waals surface area (Å²) >= 11 is 0. The van der Waals surface area contributed by atoms with Crippen LogP contribution in [0, 0.1) is 11.3 Å². The molecule has 1 saturated heterocycles. The first-order chi connectivity index (χ1) is 7.95. The van der Waals surface area contributed by atoms with Crippen LogP contribution >= 0.6 is 0 Å². The number of carbonyl (C=O) groups excluding carboxylic acids is 1. The van der Waals surface area contributed by atoms with Crippen LogP contribution in [0.5, 0.6) is 0 Å². The Balaban J connectivity index is 2.45. The zero-order valence-electron chi connectivity index (χ0n) is 11.2. The van der Waals surface area contributed by atoms with Gasteiger partial charge in [-0.05, 0) is 30.6 Å². The van der Waals surface area contributed by atoms with E-state index in [0.717, 1.165) is 25.9 Å². The third-order valence-electron chi connectivity index (χ3n) is 3.53. The number of aliphatic hydroxyl groups is 1. The molecule has 1 heterocycles. The van der Waals surface area contributed by atoms with Gasteiger partial charge in [0.05, 0.1) is 6.61 Å². The smallest absolute Gasteiger partial charge is 0.409 e. The first kappa shape index (κ1) is 14.3. The molecular weight excluding hydrogens is 218 g/mol. The van der Waals surface area contributed by atoms with Crippen molar-refractivity contribution in [3.05, 3.63) is 0 Å². The molecule has 0 radical (unpaired) electrons. The minimum atomic E-state index is -0.284. The van der Waals surface area contributed by atoms with Crippen LogP contribution in [-0.2, 0) is 4.74 Å². The molecule has 1 amide bonds. The molecule has 4 heteroatoms. The first-order valence-corrected chi connectivity index (χ1v) is 6.47. The summed E-state index contributed by atoms with van der Waals surface area (Å²) in [4.78, 5) is 13.4. The maximum Gasteiger partial charge on any atom is 0.409 e. The van der Waals surface area contributed by atoms with Gasteiger partial charge in [0.15, 0.2) is 0 Å². The molecule has 0 spiro atoms. The van der Waals surface area contributed by atoms with Crippen molar-refractivity contribution in [3.63, 3.8) is 0 Å². The van der Waals surface area contributed by atoms with Crippen molar-refractivity contribution >= 4 is 6.09 Å². The molecule has 0 aromatic rings. The Morgan fingerprint density at radius 2 is 2.06 bits per heavy atom. The monoisotopic (exact) mass is 243 g/mol. The highest BCUT2D eigenvalue weighted by Crippen LogP contribution is 2.34. The largest absolute Gasteiger partial charge is 0.447 e. The van der Waals surface area contributed by atoms with E-state index in [-0.39, 0.29) is 19.3 Å². The molecule has 0 aromatic carbocycles. The van der Waals surface area contributed by atoms with Gasteiger partial charge >= 0.3 is 6.09 Å². The Kier molecular flexibility index (Phi) is 5.25. The number of likely N-dealkylation sites (tertiary alicyclic amines) is 1. The number of nitrogens with zero attached hydrogens (tertiary/aromatic N) is 1. The summed E-state index contributed by atoms with van der Waals surface area (Å²) in [6.45, 7) is 8.32. The predicted octanol–water partition coefficient (Wildman–Crippen LogP) is 2.26. The molecule has 0 aliphatic carbocycles. The fraction of sp³-hybridized carbons (Fsp3) is 0.923. The first-order valence-electron chi connectivity index (χ1n) is 6.47. The molecule has 4 nitrogen and oxygen atoms in total.